The van der Waals surface area contributed by atoms with E-state index in [2.05, 4.69) is 10.5 Å². The highest BCUT2D eigenvalue weighted by atomic mass is 16.5. The summed E-state index contributed by atoms with van der Waals surface area (Å²) < 4.78 is 9.80. The first-order chi connectivity index (χ1) is 8.84. The summed E-state index contributed by atoms with van der Waals surface area (Å²) in [5, 5.41) is 16.4. The molecule has 0 saturated heterocycles. The average Bonchev–Trinajstić information content (AvgIpc) is 2.73. The fourth-order valence-corrected chi connectivity index (χ4v) is 1.94. The number of nitrogens with zero attached hydrogens (tertiary/aromatic N) is 1. The van der Waals surface area contributed by atoms with E-state index in [0.717, 1.165) is 0 Å². The minimum atomic E-state index is -0.928. The molecule has 19 heavy (non-hydrogen) atoms. The Bertz CT molecular complexity index is 413. The first-order valence-corrected chi connectivity index (χ1v) is 6.29. The molecule has 1 aromatic rings. The number of carbonyl (C=O) groups excluding carboxylic acids is 1. The number of amides is 1. The molecule has 0 spiro atoms. The molecule has 0 aliphatic heterocycles. The lowest BCUT2D eigenvalue weighted by atomic mass is 9.94. The summed E-state index contributed by atoms with van der Waals surface area (Å²) in [6.45, 7) is 6.18. The molecule has 108 valence electrons. The summed E-state index contributed by atoms with van der Waals surface area (Å²) in [6.07, 6.45) is 0.612. The molecule has 0 radical (unpaired) electrons. The van der Waals surface area contributed by atoms with Gasteiger partial charge in [-0.05, 0) is 19.3 Å². The molecule has 2 N–H and O–H groups in total. The zero-order chi connectivity index (χ0) is 14.5. The zero-order valence-electron chi connectivity index (χ0n) is 11.9. The van der Waals surface area contributed by atoms with Gasteiger partial charge in [0, 0.05) is 19.7 Å². The van der Waals surface area contributed by atoms with Crippen molar-refractivity contribution in [2.24, 2.45) is 5.92 Å². The number of carbonyl (C=O) groups is 1. The van der Waals surface area contributed by atoms with Gasteiger partial charge in [0.25, 0.3) is 5.91 Å². The minimum absolute atomic E-state index is 0.177. The Morgan fingerprint density at radius 1 is 1.63 bits per heavy atom. The first kappa shape index (κ1) is 15.7. The first-order valence-electron chi connectivity index (χ1n) is 6.29. The van der Waals surface area contributed by atoms with Gasteiger partial charge in [0.15, 0.2) is 11.5 Å². The number of rotatable bonds is 7. The quantitative estimate of drug-likeness (QED) is 0.781. The van der Waals surface area contributed by atoms with E-state index in [1.807, 2.05) is 13.8 Å². The third kappa shape index (κ3) is 5.40. The number of aliphatic hydroxyl groups is 1. The third-order valence-corrected chi connectivity index (χ3v) is 2.56. The highest BCUT2D eigenvalue weighted by Crippen LogP contribution is 2.15. The van der Waals surface area contributed by atoms with E-state index >= 15 is 0 Å². The molecule has 6 heteroatoms. The Labute approximate surface area is 113 Å². The molecule has 1 heterocycles. The van der Waals surface area contributed by atoms with Crippen molar-refractivity contribution in [2.45, 2.75) is 39.4 Å². The number of hydrogen-bond donors (Lipinski definition) is 2. The molecule has 0 aliphatic carbocycles. The van der Waals surface area contributed by atoms with Gasteiger partial charge in [-0.3, -0.25) is 4.79 Å². The Morgan fingerprint density at radius 3 is 2.89 bits per heavy atom. The van der Waals surface area contributed by atoms with Crippen LogP contribution in [0.1, 0.15) is 43.4 Å². The monoisotopic (exact) mass is 270 g/mol. The Balaban J connectivity index is 2.50. The predicted octanol–water partition coefficient (Wildman–Crippen LogP) is 1.35. The summed E-state index contributed by atoms with van der Waals surface area (Å²) in [7, 11) is 1.53. The van der Waals surface area contributed by atoms with Gasteiger partial charge in [-0.2, -0.15) is 0 Å². The Kier molecular flexibility index (Phi) is 5.50. The number of hydrogen-bond acceptors (Lipinski definition) is 5. The van der Waals surface area contributed by atoms with Gasteiger partial charge in [-0.25, -0.2) is 0 Å². The van der Waals surface area contributed by atoms with Crippen molar-refractivity contribution in [2.75, 3.05) is 13.7 Å². The molecule has 0 aromatic carbocycles. The van der Waals surface area contributed by atoms with Crippen LogP contribution >= 0.6 is 0 Å². The summed E-state index contributed by atoms with van der Waals surface area (Å²) in [6, 6.07) is 1.52. The lowest BCUT2D eigenvalue weighted by Crippen LogP contribution is -2.41. The van der Waals surface area contributed by atoms with Crippen LogP contribution in [-0.2, 0) is 11.3 Å². The van der Waals surface area contributed by atoms with Crippen LogP contribution in [0.3, 0.4) is 0 Å². The lowest BCUT2D eigenvalue weighted by Gasteiger charge is -2.25. The molecule has 0 aliphatic rings. The molecular weight excluding hydrogens is 248 g/mol. The van der Waals surface area contributed by atoms with Crippen LogP contribution in [0.4, 0.5) is 0 Å². The van der Waals surface area contributed by atoms with Gasteiger partial charge < -0.3 is 19.7 Å². The largest absolute Gasteiger partial charge is 0.388 e. The van der Waals surface area contributed by atoms with E-state index in [1.54, 1.807) is 6.92 Å². The van der Waals surface area contributed by atoms with Crippen molar-refractivity contribution < 1.29 is 19.2 Å². The number of nitrogens with one attached hydrogen (secondary N) is 1. The number of ether oxygens (including phenoxy) is 1. The molecule has 6 nitrogen and oxygen atoms in total. The van der Waals surface area contributed by atoms with Crippen molar-refractivity contribution >= 4 is 5.91 Å². The van der Waals surface area contributed by atoms with Crippen LogP contribution < -0.4 is 5.32 Å². The molecule has 1 amide bonds. The maximum Gasteiger partial charge on any atom is 0.273 e. The highest BCUT2D eigenvalue weighted by molar-refractivity contribution is 5.92. The predicted molar refractivity (Wildman–Crippen MR) is 69.6 cm³/mol. The highest BCUT2D eigenvalue weighted by Gasteiger charge is 2.23. The Morgan fingerprint density at radius 2 is 2.32 bits per heavy atom. The van der Waals surface area contributed by atoms with E-state index in [-0.39, 0.29) is 24.8 Å². The van der Waals surface area contributed by atoms with Crippen molar-refractivity contribution in [3.8, 4) is 0 Å². The van der Waals surface area contributed by atoms with E-state index in [4.69, 9.17) is 9.26 Å². The van der Waals surface area contributed by atoms with Crippen molar-refractivity contribution in [3.63, 3.8) is 0 Å². The van der Waals surface area contributed by atoms with Crippen LogP contribution in [0.5, 0.6) is 0 Å². The van der Waals surface area contributed by atoms with Gasteiger partial charge >= 0.3 is 0 Å². The standard InChI is InChI=1S/C13H22N2O4/c1-9(2)6-13(3,17)8-14-12(16)11-5-10(7-18-4)19-15-11/h5,9,17H,6-8H2,1-4H3,(H,14,16). The normalized spacial score (nSPS) is 14.4. The molecule has 1 aromatic heterocycles. The molecule has 1 rings (SSSR count). The van der Waals surface area contributed by atoms with Crippen molar-refractivity contribution in [1.82, 2.24) is 10.5 Å². The smallest absolute Gasteiger partial charge is 0.273 e. The molecule has 0 saturated carbocycles. The fraction of sp³-hybridized carbons (Fsp3) is 0.692. The van der Waals surface area contributed by atoms with Crippen LogP contribution in [0.2, 0.25) is 0 Å². The van der Waals surface area contributed by atoms with E-state index < -0.39 is 5.60 Å². The van der Waals surface area contributed by atoms with Gasteiger partial charge in [-0.15, -0.1) is 0 Å². The molecule has 0 bridgehead atoms. The lowest BCUT2D eigenvalue weighted by molar-refractivity contribution is 0.0367. The van der Waals surface area contributed by atoms with Crippen LogP contribution in [0.15, 0.2) is 10.6 Å². The maximum atomic E-state index is 11.8. The van der Waals surface area contributed by atoms with Gasteiger partial charge in [-0.1, -0.05) is 19.0 Å². The minimum Gasteiger partial charge on any atom is -0.388 e. The van der Waals surface area contributed by atoms with Crippen LogP contribution in [0.25, 0.3) is 0 Å². The summed E-state index contributed by atoms with van der Waals surface area (Å²) in [5.74, 6) is 0.476. The van der Waals surface area contributed by atoms with E-state index in [1.165, 1.54) is 13.2 Å². The number of methoxy groups -OCH3 is 1. The van der Waals surface area contributed by atoms with Crippen molar-refractivity contribution in [1.29, 1.82) is 0 Å². The SMILES string of the molecule is COCc1cc(C(=O)NCC(C)(O)CC(C)C)no1. The molecule has 0 fully saturated rings. The van der Waals surface area contributed by atoms with Crippen LogP contribution in [0, 0.1) is 5.92 Å². The molecule has 1 atom stereocenters. The summed E-state index contributed by atoms with van der Waals surface area (Å²) >= 11 is 0. The topological polar surface area (TPSA) is 84.6 Å². The second-order valence-electron chi connectivity index (χ2n) is 5.39. The van der Waals surface area contributed by atoms with Crippen molar-refractivity contribution in [3.05, 3.63) is 17.5 Å². The van der Waals surface area contributed by atoms with E-state index in [0.29, 0.717) is 18.1 Å². The third-order valence-electron chi connectivity index (χ3n) is 2.56. The van der Waals surface area contributed by atoms with Gasteiger partial charge in [0.2, 0.25) is 0 Å². The summed E-state index contributed by atoms with van der Waals surface area (Å²) in [5.41, 5.74) is -0.740. The second-order valence-corrected chi connectivity index (χ2v) is 5.39. The summed E-state index contributed by atoms with van der Waals surface area (Å²) in [4.78, 5) is 11.8. The number of aromatic nitrogens is 1. The van der Waals surface area contributed by atoms with Gasteiger partial charge in [0.1, 0.15) is 6.61 Å². The molecular formula is C13H22N2O4. The second kappa shape index (κ2) is 6.68. The maximum absolute atomic E-state index is 11.8. The van der Waals surface area contributed by atoms with E-state index in [9.17, 15) is 9.90 Å². The average molecular weight is 270 g/mol. The van der Waals surface area contributed by atoms with Gasteiger partial charge in [0.05, 0.1) is 5.60 Å². The molecule has 1 unspecified atom stereocenters. The Hall–Kier alpha value is -1.40. The van der Waals surface area contributed by atoms with Crippen LogP contribution in [-0.4, -0.2) is 35.4 Å². The zero-order valence-corrected chi connectivity index (χ0v) is 11.9. The fourth-order valence-electron chi connectivity index (χ4n) is 1.94.